The van der Waals surface area contributed by atoms with Crippen LogP contribution in [-0.2, 0) is 32.6 Å². The zero-order valence-corrected chi connectivity index (χ0v) is 26.1. The number of hydrogen-bond acceptors (Lipinski definition) is 8. The number of aliphatic hydroxyl groups is 1. The van der Waals surface area contributed by atoms with E-state index in [1.165, 1.54) is 7.11 Å². The van der Waals surface area contributed by atoms with Crippen molar-refractivity contribution in [3.05, 3.63) is 0 Å². The fraction of sp³-hybridized carbons (Fsp3) is 1.00. The molecule has 0 aliphatic carbocycles. The predicted molar refractivity (Wildman–Crippen MR) is 136 cm³/mol. The van der Waals surface area contributed by atoms with E-state index >= 15 is 0 Å². The number of ether oxygens (including phenoxy) is 2. The minimum absolute atomic E-state index is 0.0190. The smallest absolute Gasteiger partial charge is 0.414 e. The highest BCUT2D eigenvalue weighted by atomic mass is 32.2. The Morgan fingerprint density at radius 2 is 1.09 bits per heavy atom. The van der Waals surface area contributed by atoms with E-state index in [-0.39, 0.29) is 29.4 Å². The van der Waals surface area contributed by atoms with E-state index in [9.17, 15) is 21.6 Å². The molecule has 0 aromatic carbocycles. The van der Waals surface area contributed by atoms with Crippen LogP contribution in [0.25, 0.3) is 0 Å². The number of aliphatic hydroxyl groups excluding tert-OH is 1. The largest absolute Gasteiger partial charge is 0.523 e. The normalized spacial score (nSPS) is 15.9. The monoisotopic (exact) mass is 572 g/mol. The highest BCUT2D eigenvalue weighted by Crippen LogP contribution is 2.37. The molecule has 14 heteroatoms. The van der Waals surface area contributed by atoms with Gasteiger partial charge in [0.25, 0.3) is 0 Å². The zero-order chi connectivity index (χ0) is 28.5. The van der Waals surface area contributed by atoms with Crippen LogP contribution in [0.3, 0.4) is 0 Å². The van der Waals surface area contributed by atoms with Crippen LogP contribution < -0.4 is 0 Å². The van der Waals surface area contributed by atoms with Crippen molar-refractivity contribution in [2.24, 2.45) is 0 Å². The molecule has 0 rings (SSSR count). The van der Waals surface area contributed by atoms with Crippen LogP contribution in [0.1, 0.15) is 41.5 Å². The maximum absolute atomic E-state index is 12.1. The number of alkyl halides is 3. The summed E-state index contributed by atoms with van der Waals surface area (Å²) in [6.07, 6.45) is -1.08. The van der Waals surface area contributed by atoms with Gasteiger partial charge in [0.15, 0.2) is 16.6 Å². The number of halogens is 3. The Morgan fingerprint density at radius 3 is 1.34 bits per heavy atom. The van der Waals surface area contributed by atoms with Crippen LogP contribution >= 0.6 is 0 Å². The Bertz CT molecular complexity index is 699. The van der Waals surface area contributed by atoms with E-state index in [1.807, 2.05) is 33.9 Å². The van der Waals surface area contributed by atoms with E-state index in [2.05, 4.69) is 38.0 Å². The first kappa shape index (κ1) is 37.1. The van der Waals surface area contributed by atoms with Crippen molar-refractivity contribution < 1.29 is 49.2 Å². The number of rotatable bonds is 12. The van der Waals surface area contributed by atoms with Crippen LogP contribution in [0.15, 0.2) is 0 Å². The highest BCUT2D eigenvalue weighted by molar-refractivity contribution is 7.87. The van der Waals surface area contributed by atoms with E-state index < -0.39 is 45.0 Å². The van der Waals surface area contributed by atoms with Crippen LogP contribution in [0.5, 0.6) is 0 Å². The van der Waals surface area contributed by atoms with E-state index in [0.29, 0.717) is 6.61 Å². The van der Waals surface area contributed by atoms with Crippen molar-refractivity contribution in [1.29, 1.82) is 0 Å². The first-order chi connectivity index (χ1) is 15.4. The fourth-order valence-corrected chi connectivity index (χ4v) is 4.18. The Kier molecular flexibility index (Phi) is 15.0. The van der Waals surface area contributed by atoms with Crippen molar-refractivity contribution in [3.8, 4) is 0 Å². The lowest BCUT2D eigenvalue weighted by molar-refractivity contribution is -0.0589. The van der Waals surface area contributed by atoms with Crippen molar-refractivity contribution >= 4 is 26.8 Å². The lowest BCUT2D eigenvalue weighted by Gasteiger charge is -2.37. The van der Waals surface area contributed by atoms with Gasteiger partial charge >= 0.3 is 15.6 Å². The maximum atomic E-state index is 12.1. The molecule has 0 saturated heterocycles. The second kappa shape index (κ2) is 14.2. The molecular weight excluding hydrogens is 525 g/mol. The molecule has 0 bridgehead atoms. The molecule has 0 aromatic heterocycles. The van der Waals surface area contributed by atoms with Gasteiger partial charge in [-0.15, -0.1) is 0 Å². The van der Waals surface area contributed by atoms with Gasteiger partial charge in [-0.3, -0.25) is 4.18 Å². The van der Waals surface area contributed by atoms with Crippen LogP contribution in [0.4, 0.5) is 13.2 Å². The summed E-state index contributed by atoms with van der Waals surface area (Å²) in [4.78, 5) is 0. The quantitative estimate of drug-likeness (QED) is 0.200. The number of hydrogen-bond donors (Lipinski definition) is 1. The maximum Gasteiger partial charge on any atom is 0.523 e. The predicted octanol–water partition coefficient (Wildman–Crippen LogP) is 4.90. The molecule has 214 valence electrons. The van der Waals surface area contributed by atoms with E-state index in [1.54, 1.807) is 7.11 Å². The molecule has 0 aromatic rings. The SMILES string of the molecule is COC(CO)CO[Si](C)(C)C(C)(C)C.COC(CO[Si](C)(C)C(C)(C)C)COS(=O)(=O)C(F)(F)F. The standard InChI is InChI=1S/C11H23F3O5SSi.C10H24O3Si/c1-10(2,3)21(5,6)19-8-9(17-4)7-18-20(15,16)11(12,13)14;1-10(2,3)14(5,6)13-8-9(7-11)12-4/h9H,7-8H2,1-6H3;9,11H,7-8H2,1-6H3. The molecule has 1 N–H and O–H groups in total. The first-order valence-corrected chi connectivity index (χ1v) is 18.5. The third-order valence-electron chi connectivity index (χ3n) is 6.44. The molecule has 35 heavy (non-hydrogen) atoms. The van der Waals surface area contributed by atoms with Gasteiger partial charge in [-0.25, -0.2) is 0 Å². The Hall–Kier alpha value is -0.0662. The second-order valence-electron chi connectivity index (χ2n) is 11.2. The summed E-state index contributed by atoms with van der Waals surface area (Å²) < 4.78 is 83.6. The molecule has 2 atom stereocenters. The van der Waals surface area contributed by atoms with Crippen LogP contribution in [0, 0.1) is 0 Å². The highest BCUT2D eigenvalue weighted by Gasteiger charge is 2.47. The Morgan fingerprint density at radius 1 is 0.743 bits per heavy atom. The summed E-state index contributed by atoms with van der Waals surface area (Å²) in [6, 6.07) is 0. The van der Waals surface area contributed by atoms with Crippen molar-refractivity contribution in [1.82, 2.24) is 0 Å². The molecule has 8 nitrogen and oxygen atoms in total. The third-order valence-corrected chi connectivity index (χ3v) is 16.5. The minimum Gasteiger partial charge on any atom is -0.414 e. The third kappa shape index (κ3) is 13.3. The summed E-state index contributed by atoms with van der Waals surface area (Å²) in [7, 11) is -6.56. The first-order valence-electron chi connectivity index (χ1n) is 11.3. The minimum atomic E-state index is -5.61. The topological polar surface area (TPSA) is 101 Å². The average Bonchev–Trinajstić information content (AvgIpc) is 2.66. The van der Waals surface area contributed by atoms with Crippen LogP contribution in [0.2, 0.25) is 36.3 Å². The van der Waals surface area contributed by atoms with Crippen molar-refractivity contribution in [2.75, 3.05) is 40.6 Å². The Labute approximate surface area is 212 Å². The number of methoxy groups -OCH3 is 2. The molecule has 0 aliphatic heterocycles. The fourth-order valence-electron chi connectivity index (χ4n) is 1.65. The molecule has 0 fully saturated rings. The van der Waals surface area contributed by atoms with Crippen LogP contribution in [-0.4, -0.2) is 88.5 Å². The summed E-state index contributed by atoms with van der Waals surface area (Å²) >= 11 is 0. The van der Waals surface area contributed by atoms with Crippen molar-refractivity contribution in [3.63, 3.8) is 0 Å². The van der Waals surface area contributed by atoms with Gasteiger partial charge in [-0.2, -0.15) is 21.6 Å². The van der Waals surface area contributed by atoms with Gasteiger partial charge in [0.2, 0.25) is 0 Å². The van der Waals surface area contributed by atoms with Gasteiger partial charge in [0, 0.05) is 14.2 Å². The summed E-state index contributed by atoms with van der Waals surface area (Å²) in [5, 5.41) is 9.07. The molecule has 2 unspecified atom stereocenters. The summed E-state index contributed by atoms with van der Waals surface area (Å²) in [6.45, 7) is 20.7. The Balaban J connectivity index is 0. The van der Waals surface area contributed by atoms with Gasteiger partial charge in [0.1, 0.15) is 12.2 Å². The molecule has 0 spiro atoms. The van der Waals surface area contributed by atoms with Gasteiger partial charge < -0.3 is 23.4 Å². The summed E-state index contributed by atoms with van der Waals surface area (Å²) in [5.41, 5.74) is -5.44. The molecule has 0 saturated carbocycles. The second-order valence-corrected chi connectivity index (χ2v) is 22.5. The molecule has 0 heterocycles. The van der Waals surface area contributed by atoms with Gasteiger partial charge in [-0.05, 0) is 36.3 Å². The van der Waals surface area contributed by atoms with Gasteiger partial charge in [-0.1, -0.05) is 41.5 Å². The molecule has 0 aliphatic rings. The van der Waals surface area contributed by atoms with E-state index in [0.717, 1.165) is 0 Å². The lowest BCUT2D eigenvalue weighted by atomic mass is 10.2. The van der Waals surface area contributed by atoms with Crippen molar-refractivity contribution in [2.45, 2.75) is 95.5 Å². The average molecular weight is 573 g/mol. The zero-order valence-electron chi connectivity index (χ0n) is 23.3. The lowest BCUT2D eigenvalue weighted by Crippen LogP contribution is -2.43. The summed E-state index contributed by atoms with van der Waals surface area (Å²) in [5.74, 6) is 0. The molecule has 0 amide bonds. The van der Waals surface area contributed by atoms with E-state index in [4.69, 9.17) is 23.4 Å². The molecule has 0 radical (unpaired) electrons. The molecular formula is C21H47F3O8SSi2. The van der Waals surface area contributed by atoms with Gasteiger partial charge in [0.05, 0.1) is 26.4 Å².